The van der Waals surface area contributed by atoms with Crippen molar-refractivity contribution in [2.24, 2.45) is 9.98 Å². The zero-order chi connectivity index (χ0) is 23.4. The van der Waals surface area contributed by atoms with Gasteiger partial charge in [0, 0.05) is 42.2 Å². The molecule has 0 fully saturated rings. The number of benzene rings is 1. The van der Waals surface area contributed by atoms with Crippen molar-refractivity contribution in [1.29, 1.82) is 5.26 Å². The number of nitrogens with zero attached hydrogens (tertiary/aromatic N) is 7. The van der Waals surface area contributed by atoms with Gasteiger partial charge >= 0.3 is 0 Å². The third kappa shape index (κ3) is 4.22. The minimum Gasteiger partial charge on any atom is -0.382 e. The number of nitrogen functional groups attached to an aromatic ring is 1. The molecule has 2 N–H and O–H groups in total. The van der Waals surface area contributed by atoms with E-state index in [-0.39, 0.29) is 18.1 Å². The average Bonchev–Trinajstić information content (AvgIpc) is 3.26. The number of halogens is 1. The Hall–Kier alpha value is -4.71. The van der Waals surface area contributed by atoms with Gasteiger partial charge in [0.1, 0.15) is 11.3 Å². The van der Waals surface area contributed by atoms with Crippen LogP contribution < -0.4 is 5.73 Å². The molecule has 0 bridgehead atoms. The van der Waals surface area contributed by atoms with Gasteiger partial charge in [0.05, 0.1) is 35.3 Å². The summed E-state index contributed by atoms with van der Waals surface area (Å²) in [5.41, 5.74) is 9.93. The molecule has 0 radical (unpaired) electrons. The lowest BCUT2D eigenvalue weighted by atomic mass is 9.97. The van der Waals surface area contributed by atoms with Crippen molar-refractivity contribution in [2.75, 3.05) is 12.8 Å². The number of allylic oxidation sites excluding steroid dienone is 1. The lowest BCUT2D eigenvalue weighted by Crippen LogP contribution is -2.06. The monoisotopic (exact) mass is 438 g/mol. The molecule has 0 atom stereocenters. The lowest BCUT2D eigenvalue weighted by molar-refractivity contribution is 0.572. The second-order valence-corrected chi connectivity index (χ2v) is 7.04. The van der Waals surface area contributed by atoms with E-state index in [9.17, 15) is 9.65 Å². The molecule has 0 amide bonds. The third-order valence-corrected chi connectivity index (χ3v) is 4.99. The van der Waals surface area contributed by atoms with Crippen LogP contribution in [0, 0.1) is 17.1 Å². The Labute approximate surface area is 189 Å². The van der Waals surface area contributed by atoms with Crippen LogP contribution in [0.1, 0.15) is 16.8 Å². The van der Waals surface area contributed by atoms with Gasteiger partial charge in [-0.25, -0.2) is 9.37 Å². The largest absolute Gasteiger partial charge is 0.382 e. The highest BCUT2D eigenvalue weighted by atomic mass is 19.1. The van der Waals surface area contributed by atoms with E-state index in [1.165, 1.54) is 24.5 Å². The van der Waals surface area contributed by atoms with Crippen LogP contribution in [0.25, 0.3) is 22.2 Å². The van der Waals surface area contributed by atoms with E-state index in [4.69, 9.17) is 5.73 Å². The van der Waals surface area contributed by atoms with E-state index in [1.54, 1.807) is 42.2 Å². The van der Waals surface area contributed by atoms with Crippen molar-refractivity contribution in [3.63, 3.8) is 0 Å². The van der Waals surface area contributed by atoms with Crippen molar-refractivity contribution >= 4 is 29.1 Å². The zero-order valence-corrected chi connectivity index (χ0v) is 17.8. The van der Waals surface area contributed by atoms with Crippen LogP contribution in [-0.4, -0.2) is 39.2 Å². The summed E-state index contributed by atoms with van der Waals surface area (Å²) in [5, 5.41) is 14.5. The van der Waals surface area contributed by atoms with Crippen LogP contribution in [0.4, 0.5) is 10.2 Å². The fourth-order valence-corrected chi connectivity index (χ4v) is 3.52. The number of aromatic nitrogens is 4. The molecule has 1 aromatic carbocycles. The summed E-state index contributed by atoms with van der Waals surface area (Å²) in [7, 11) is 1.65. The molecule has 0 spiro atoms. The van der Waals surface area contributed by atoms with Crippen LogP contribution in [-0.2, 0) is 6.54 Å². The number of pyridine rings is 2. The third-order valence-electron chi connectivity index (χ3n) is 4.99. The minimum atomic E-state index is -0.423. The van der Waals surface area contributed by atoms with Crippen LogP contribution >= 0.6 is 0 Å². The van der Waals surface area contributed by atoms with E-state index in [2.05, 4.69) is 37.8 Å². The second kappa shape index (κ2) is 9.20. The van der Waals surface area contributed by atoms with Gasteiger partial charge in [0.2, 0.25) is 0 Å². The van der Waals surface area contributed by atoms with Gasteiger partial charge in [-0.15, -0.1) is 0 Å². The summed E-state index contributed by atoms with van der Waals surface area (Å²) in [5.74, 6) is -0.221. The highest BCUT2D eigenvalue weighted by molar-refractivity contribution is 6.20. The molecule has 33 heavy (non-hydrogen) atoms. The average molecular weight is 438 g/mol. The molecule has 8 nitrogen and oxygen atoms in total. The summed E-state index contributed by atoms with van der Waals surface area (Å²) in [4.78, 5) is 16.9. The molecule has 0 saturated carbocycles. The fraction of sp³-hybridized carbons (Fsp3) is 0.0833. The highest BCUT2D eigenvalue weighted by Gasteiger charge is 2.21. The number of anilines is 1. The molecular formula is C24H19FN8. The quantitative estimate of drug-likeness (QED) is 0.460. The van der Waals surface area contributed by atoms with Gasteiger partial charge in [-0.1, -0.05) is 12.1 Å². The molecule has 0 aliphatic carbocycles. The Morgan fingerprint density at radius 1 is 1.33 bits per heavy atom. The first kappa shape index (κ1) is 21.5. The number of fused-ring (bicyclic) bond motifs is 1. The predicted octanol–water partition coefficient (Wildman–Crippen LogP) is 3.77. The van der Waals surface area contributed by atoms with Crippen LogP contribution in [0.5, 0.6) is 0 Å². The molecule has 3 aromatic heterocycles. The normalized spacial score (nSPS) is 11.7. The van der Waals surface area contributed by atoms with Gasteiger partial charge in [-0.05, 0) is 37.1 Å². The predicted molar refractivity (Wildman–Crippen MR) is 127 cm³/mol. The standard InChI is InChI=1S/C24H19FN8/c1-28-10-8-19(29-2)21-17-13-33(14-20-18(25)7-4-9-30-20)32-23(17)24(27)31-22(21)16-6-3-5-15(11-16)12-26/h3-11,13H,1,14H2,2H3,(H2,27,31)/b10-8-,29-19?. The molecule has 3 heterocycles. The van der Waals surface area contributed by atoms with Crippen molar-refractivity contribution < 1.29 is 4.39 Å². The Balaban J connectivity index is 1.98. The molecule has 0 aliphatic rings. The molecule has 162 valence electrons. The second-order valence-electron chi connectivity index (χ2n) is 7.04. The van der Waals surface area contributed by atoms with Gasteiger partial charge in [-0.2, -0.15) is 10.4 Å². The van der Waals surface area contributed by atoms with Crippen molar-refractivity contribution in [2.45, 2.75) is 6.54 Å². The Morgan fingerprint density at radius 2 is 2.18 bits per heavy atom. The number of nitriles is 1. The molecule has 9 heteroatoms. The Kier molecular flexibility index (Phi) is 6.00. The number of hydrogen-bond acceptors (Lipinski definition) is 7. The smallest absolute Gasteiger partial charge is 0.152 e. The van der Waals surface area contributed by atoms with Crippen LogP contribution in [0.15, 0.2) is 71.1 Å². The van der Waals surface area contributed by atoms with Gasteiger partial charge in [-0.3, -0.25) is 19.7 Å². The maximum absolute atomic E-state index is 14.2. The Morgan fingerprint density at radius 3 is 2.91 bits per heavy atom. The summed E-state index contributed by atoms with van der Waals surface area (Å²) >= 11 is 0. The SMILES string of the molecule is C=N/C=C\C(=NC)c1c(-c2cccc(C#N)c2)nc(N)c2nn(Cc3ncccc3F)cc12. The van der Waals surface area contributed by atoms with Crippen LogP contribution in [0.2, 0.25) is 0 Å². The first-order chi connectivity index (χ1) is 16.0. The molecule has 0 unspecified atom stereocenters. The summed E-state index contributed by atoms with van der Waals surface area (Å²) in [6.07, 6.45) is 6.51. The number of aliphatic imine (C=N–C) groups is 2. The summed E-state index contributed by atoms with van der Waals surface area (Å²) < 4.78 is 15.7. The van der Waals surface area contributed by atoms with Crippen molar-refractivity contribution in [3.8, 4) is 17.3 Å². The summed E-state index contributed by atoms with van der Waals surface area (Å²) in [6, 6.07) is 12.1. The number of nitrogens with two attached hydrogens (primary N) is 1. The molecule has 0 saturated heterocycles. The molecule has 4 aromatic rings. The van der Waals surface area contributed by atoms with E-state index in [0.717, 1.165) is 0 Å². The van der Waals surface area contributed by atoms with Crippen LogP contribution in [0.3, 0.4) is 0 Å². The van der Waals surface area contributed by atoms with E-state index >= 15 is 0 Å². The lowest BCUT2D eigenvalue weighted by Gasteiger charge is -2.12. The number of hydrogen-bond donors (Lipinski definition) is 1. The maximum atomic E-state index is 14.2. The molecule has 4 rings (SSSR count). The fourth-order valence-electron chi connectivity index (χ4n) is 3.52. The molecule has 0 aliphatic heterocycles. The first-order valence-electron chi connectivity index (χ1n) is 9.91. The topological polar surface area (TPSA) is 118 Å². The minimum absolute atomic E-state index is 0.113. The molecular weight excluding hydrogens is 419 g/mol. The van der Waals surface area contributed by atoms with Crippen molar-refractivity contribution in [3.05, 3.63) is 83.7 Å². The number of rotatable bonds is 6. The van der Waals surface area contributed by atoms with E-state index in [0.29, 0.717) is 39.0 Å². The van der Waals surface area contributed by atoms with Crippen molar-refractivity contribution in [1.82, 2.24) is 19.7 Å². The van der Waals surface area contributed by atoms with Gasteiger partial charge in [0.25, 0.3) is 0 Å². The zero-order valence-electron chi connectivity index (χ0n) is 17.8. The first-order valence-corrected chi connectivity index (χ1v) is 9.91. The van der Waals surface area contributed by atoms with E-state index < -0.39 is 5.82 Å². The Bertz CT molecular complexity index is 1460. The summed E-state index contributed by atoms with van der Waals surface area (Å²) in [6.45, 7) is 3.59. The maximum Gasteiger partial charge on any atom is 0.152 e. The van der Waals surface area contributed by atoms with Gasteiger partial charge < -0.3 is 5.73 Å². The van der Waals surface area contributed by atoms with E-state index in [1.807, 2.05) is 6.07 Å². The highest BCUT2D eigenvalue weighted by Crippen LogP contribution is 2.32. The van der Waals surface area contributed by atoms with Gasteiger partial charge in [0.15, 0.2) is 5.82 Å².